The van der Waals surface area contributed by atoms with Gasteiger partial charge in [-0.1, -0.05) is 48.0 Å². The number of anilines is 1. The first-order valence-corrected chi connectivity index (χ1v) is 12.6. The van der Waals surface area contributed by atoms with Crippen molar-refractivity contribution in [1.29, 1.82) is 5.41 Å². The van der Waals surface area contributed by atoms with Crippen LogP contribution in [0.25, 0.3) is 22.2 Å². The molecule has 1 aromatic heterocycles. The molecule has 0 aliphatic rings. The van der Waals surface area contributed by atoms with Gasteiger partial charge in [0.25, 0.3) is 11.8 Å². The number of aromatic nitrogens is 1. The van der Waals surface area contributed by atoms with Crippen LogP contribution in [0.2, 0.25) is 5.02 Å². The van der Waals surface area contributed by atoms with Crippen molar-refractivity contribution in [3.8, 4) is 11.3 Å². The Bertz CT molecular complexity index is 1560. The highest BCUT2D eigenvalue weighted by atomic mass is 35.5. The first kappa shape index (κ1) is 29.1. The normalized spacial score (nSPS) is 10.3. The molecule has 3 aromatic carbocycles. The lowest BCUT2D eigenvalue weighted by molar-refractivity contribution is 0.0952. The maximum Gasteiger partial charge on any atom is 0.256 e. The molecule has 0 spiro atoms. The Morgan fingerprint density at radius 1 is 1.00 bits per heavy atom. The highest BCUT2D eigenvalue weighted by Gasteiger charge is 2.17. The number of aryl methyl sites for hydroxylation is 2. The van der Waals surface area contributed by atoms with E-state index in [1.807, 2.05) is 44.2 Å². The monoisotopic (exact) mass is 542 g/mol. The van der Waals surface area contributed by atoms with Gasteiger partial charge < -0.3 is 21.1 Å². The van der Waals surface area contributed by atoms with Crippen molar-refractivity contribution in [3.63, 3.8) is 0 Å². The van der Waals surface area contributed by atoms with Crippen LogP contribution in [0.4, 0.5) is 5.69 Å². The predicted molar refractivity (Wildman–Crippen MR) is 159 cm³/mol. The van der Waals surface area contributed by atoms with Crippen LogP contribution in [0.5, 0.6) is 0 Å². The Balaban J connectivity index is 0.000000983. The summed E-state index contributed by atoms with van der Waals surface area (Å²) in [4.78, 5) is 30.4. The molecule has 0 radical (unpaired) electrons. The molecule has 200 valence electrons. The van der Waals surface area contributed by atoms with E-state index in [1.165, 1.54) is 0 Å². The highest BCUT2D eigenvalue weighted by Crippen LogP contribution is 2.32. The number of carbonyl (C=O) groups excluding carboxylic acids is 2. The minimum Gasteiger partial charge on any atom is -0.511 e. The standard InChI is InChI=1S/C28H24ClN3O3.C3H7N/c1-16-12-17(2)26-22(13-16)23(14-25(32-26)21-6-4-5-7-24(21)29)28(35)31-20-10-8-19(9-11-20)27(34)30-15-18(3)33;1-3(2)4/h4-14,33H,3,15H2,1-2H3,(H,30,34)(H,31,35);4H,1-2H3. The average molecular weight is 543 g/mol. The number of benzene rings is 3. The van der Waals surface area contributed by atoms with E-state index in [-0.39, 0.29) is 24.1 Å². The van der Waals surface area contributed by atoms with Gasteiger partial charge in [-0.25, -0.2) is 4.98 Å². The molecule has 7 nitrogen and oxygen atoms in total. The lowest BCUT2D eigenvalue weighted by Gasteiger charge is -2.14. The SMILES string of the molecule is C=C(O)CNC(=O)c1ccc(NC(=O)c2cc(-c3ccccc3Cl)nc3c(C)cc(C)cc23)cc1.CC(C)=N. The van der Waals surface area contributed by atoms with Crippen LogP contribution in [0.15, 0.2) is 79.1 Å². The maximum atomic E-state index is 13.4. The van der Waals surface area contributed by atoms with Gasteiger partial charge in [0.2, 0.25) is 0 Å². The third kappa shape index (κ3) is 7.75. The van der Waals surface area contributed by atoms with Crippen LogP contribution in [-0.4, -0.2) is 34.2 Å². The molecule has 0 bridgehead atoms. The zero-order valence-electron chi connectivity index (χ0n) is 22.4. The van der Waals surface area contributed by atoms with Crippen LogP contribution in [0.3, 0.4) is 0 Å². The molecule has 0 fully saturated rings. The Hall–Kier alpha value is -4.49. The van der Waals surface area contributed by atoms with Crippen molar-refractivity contribution in [2.75, 3.05) is 11.9 Å². The number of aliphatic hydroxyl groups is 1. The molecular formula is C31H31ClN4O3. The molecule has 0 aliphatic carbocycles. The van der Waals surface area contributed by atoms with Crippen LogP contribution in [0, 0.1) is 19.3 Å². The number of hydrogen-bond donors (Lipinski definition) is 4. The number of nitrogens with zero attached hydrogens (tertiary/aromatic N) is 1. The van der Waals surface area contributed by atoms with E-state index in [0.29, 0.717) is 33.2 Å². The third-order valence-electron chi connectivity index (χ3n) is 5.50. The van der Waals surface area contributed by atoms with Crippen molar-refractivity contribution in [2.45, 2.75) is 27.7 Å². The number of amides is 2. The number of fused-ring (bicyclic) bond motifs is 1. The number of nitrogens with one attached hydrogen (secondary N) is 3. The number of carbonyl (C=O) groups is 2. The van der Waals surface area contributed by atoms with E-state index in [0.717, 1.165) is 27.6 Å². The Morgan fingerprint density at radius 3 is 2.26 bits per heavy atom. The van der Waals surface area contributed by atoms with E-state index in [4.69, 9.17) is 27.1 Å². The third-order valence-corrected chi connectivity index (χ3v) is 5.83. The molecule has 39 heavy (non-hydrogen) atoms. The van der Waals surface area contributed by atoms with Gasteiger partial charge in [0, 0.05) is 32.9 Å². The largest absolute Gasteiger partial charge is 0.511 e. The summed E-state index contributed by atoms with van der Waals surface area (Å²) in [5.41, 5.74) is 6.14. The van der Waals surface area contributed by atoms with Gasteiger partial charge in [-0.05, 0) is 75.7 Å². The zero-order valence-corrected chi connectivity index (χ0v) is 23.1. The van der Waals surface area contributed by atoms with E-state index < -0.39 is 0 Å². The van der Waals surface area contributed by atoms with Crippen molar-refractivity contribution >= 4 is 45.7 Å². The van der Waals surface area contributed by atoms with Gasteiger partial charge in [-0.15, -0.1) is 0 Å². The maximum absolute atomic E-state index is 13.4. The van der Waals surface area contributed by atoms with Crippen molar-refractivity contribution in [2.24, 2.45) is 0 Å². The van der Waals surface area contributed by atoms with Crippen LogP contribution in [0.1, 0.15) is 45.7 Å². The summed E-state index contributed by atoms with van der Waals surface area (Å²) in [6.45, 7) is 10.8. The fourth-order valence-electron chi connectivity index (χ4n) is 3.86. The van der Waals surface area contributed by atoms with Gasteiger partial charge in [-0.3, -0.25) is 9.59 Å². The minimum absolute atomic E-state index is 0.0287. The van der Waals surface area contributed by atoms with Crippen LogP contribution >= 0.6 is 11.6 Å². The summed E-state index contributed by atoms with van der Waals surface area (Å²) >= 11 is 6.42. The number of pyridine rings is 1. The summed E-state index contributed by atoms with van der Waals surface area (Å²) in [6.07, 6.45) is 0. The molecule has 4 aromatic rings. The summed E-state index contributed by atoms with van der Waals surface area (Å²) in [7, 11) is 0. The Morgan fingerprint density at radius 2 is 1.64 bits per heavy atom. The second-order valence-corrected chi connectivity index (χ2v) is 9.70. The first-order valence-electron chi connectivity index (χ1n) is 12.2. The molecule has 0 atom stereocenters. The second kappa shape index (κ2) is 12.8. The smallest absolute Gasteiger partial charge is 0.256 e. The molecule has 4 rings (SSSR count). The minimum atomic E-state index is -0.353. The molecule has 4 N–H and O–H groups in total. The van der Waals surface area contributed by atoms with E-state index >= 15 is 0 Å². The summed E-state index contributed by atoms with van der Waals surface area (Å²) in [5, 5.41) is 22.4. The molecule has 0 saturated carbocycles. The lowest BCUT2D eigenvalue weighted by Crippen LogP contribution is -2.25. The molecule has 0 aliphatic heterocycles. The molecule has 1 heterocycles. The predicted octanol–water partition coefficient (Wildman–Crippen LogP) is 7.27. The van der Waals surface area contributed by atoms with Crippen molar-refractivity contribution in [1.82, 2.24) is 10.3 Å². The molecule has 0 unspecified atom stereocenters. The molecule has 0 saturated heterocycles. The summed E-state index contributed by atoms with van der Waals surface area (Å²) in [6, 6.07) is 19.6. The fourth-order valence-corrected chi connectivity index (χ4v) is 4.10. The van der Waals surface area contributed by atoms with Gasteiger partial charge >= 0.3 is 0 Å². The van der Waals surface area contributed by atoms with Gasteiger partial charge in [0.05, 0.1) is 23.3 Å². The topological polar surface area (TPSA) is 115 Å². The molecule has 2 amide bonds. The van der Waals surface area contributed by atoms with Gasteiger partial charge in [0.15, 0.2) is 0 Å². The fraction of sp³-hybridized carbons (Fsp3) is 0.161. The number of hydrogen-bond acceptors (Lipinski definition) is 5. The van der Waals surface area contributed by atoms with Crippen LogP contribution in [-0.2, 0) is 0 Å². The highest BCUT2D eigenvalue weighted by molar-refractivity contribution is 6.33. The lowest BCUT2D eigenvalue weighted by atomic mass is 9.99. The number of aliphatic hydroxyl groups excluding tert-OH is 1. The average Bonchev–Trinajstić information content (AvgIpc) is 2.87. The Kier molecular flexibility index (Phi) is 9.57. The quantitative estimate of drug-likeness (QED) is 0.151. The Labute approximate surface area is 233 Å². The van der Waals surface area contributed by atoms with Gasteiger partial charge in [-0.2, -0.15) is 0 Å². The second-order valence-electron chi connectivity index (χ2n) is 9.29. The summed E-state index contributed by atoms with van der Waals surface area (Å²) < 4.78 is 0. The van der Waals surface area contributed by atoms with Gasteiger partial charge in [0.1, 0.15) is 5.76 Å². The van der Waals surface area contributed by atoms with E-state index in [9.17, 15) is 9.59 Å². The molecular weight excluding hydrogens is 512 g/mol. The van der Waals surface area contributed by atoms with Crippen LogP contribution < -0.4 is 10.6 Å². The van der Waals surface area contributed by atoms with Crippen molar-refractivity contribution < 1.29 is 14.7 Å². The first-order chi connectivity index (χ1) is 18.5. The van der Waals surface area contributed by atoms with E-state index in [2.05, 4.69) is 17.2 Å². The van der Waals surface area contributed by atoms with Crippen molar-refractivity contribution in [3.05, 3.63) is 106 Å². The zero-order chi connectivity index (χ0) is 28.7. The van der Waals surface area contributed by atoms with E-state index in [1.54, 1.807) is 50.2 Å². The summed E-state index contributed by atoms with van der Waals surface area (Å²) in [5.74, 6) is -0.786. The molecule has 8 heteroatoms. The number of halogens is 1. The number of rotatable bonds is 6.